The predicted molar refractivity (Wildman–Crippen MR) is 90.4 cm³/mol. The van der Waals surface area contributed by atoms with E-state index in [2.05, 4.69) is 10.3 Å². The average molecular weight is 367 g/mol. The summed E-state index contributed by atoms with van der Waals surface area (Å²) >= 11 is 7.26. The monoisotopic (exact) mass is 366 g/mol. The van der Waals surface area contributed by atoms with Crippen LogP contribution in [0, 0.1) is 5.92 Å². The van der Waals surface area contributed by atoms with Crippen LogP contribution in [0.25, 0.3) is 0 Å². The maximum absolute atomic E-state index is 12.2. The van der Waals surface area contributed by atoms with Crippen molar-refractivity contribution < 1.29 is 19.1 Å². The van der Waals surface area contributed by atoms with Crippen molar-refractivity contribution >= 4 is 39.9 Å². The molecule has 1 N–H and O–H groups in total. The van der Waals surface area contributed by atoms with Gasteiger partial charge in [-0.2, -0.15) is 0 Å². The van der Waals surface area contributed by atoms with Gasteiger partial charge in [0.05, 0.1) is 11.6 Å². The molecule has 2 heterocycles. The Morgan fingerprint density at radius 2 is 2.33 bits per heavy atom. The Labute approximate surface area is 147 Å². The molecule has 2 aromatic rings. The Kier molecular flexibility index (Phi) is 5.01. The first-order valence-corrected chi connectivity index (χ1v) is 8.57. The van der Waals surface area contributed by atoms with Crippen LogP contribution in [-0.4, -0.2) is 23.5 Å². The highest BCUT2D eigenvalue weighted by molar-refractivity contribution is 7.13. The lowest BCUT2D eigenvalue weighted by molar-refractivity contribution is -0.151. The minimum absolute atomic E-state index is 0.0633. The highest BCUT2D eigenvalue weighted by atomic mass is 35.5. The molecule has 0 bridgehead atoms. The second-order valence-corrected chi connectivity index (χ2v) is 6.69. The summed E-state index contributed by atoms with van der Waals surface area (Å²) in [7, 11) is 0. The Morgan fingerprint density at radius 3 is 3.12 bits per heavy atom. The smallest absolute Gasteiger partial charge is 0.313 e. The summed E-state index contributed by atoms with van der Waals surface area (Å²) in [6.07, 6.45) is 0.531. The predicted octanol–water partition coefficient (Wildman–Crippen LogP) is 3.05. The number of thiazole rings is 1. The van der Waals surface area contributed by atoms with Crippen molar-refractivity contribution in [1.29, 1.82) is 0 Å². The second kappa shape index (κ2) is 7.19. The van der Waals surface area contributed by atoms with E-state index < -0.39 is 0 Å². The van der Waals surface area contributed by atoms with Gasteiger partial charge in [-0.15, -0.1) is 11.3 Å². The topological polar surface area (TPSA) is 77.5 Å². The summed E-state index contributed by atoms with van der Waals surface area (Å²) in [5.74, 6) is -0.147. The number of ether oxygens (including phenoxy) is 2. The fourth-order valence-corrected chi connectivity index (χ4v) is 3.29. The van der Waals surface area contributed by atoms with E-state index in [0.717, 1.165) is 11.3 Å². The number of aromatic nitrogens is 1. The number of anilines is 1. The van der Waals surface area contributed by atoms with Gasteiger partial charge in [0.15, 0.2) is 5.13 Å². The number of halogens is 1. The quantitative estimate of drug-likeness (QED) is 0.841. The fraction of sp³-hybridized carbons (Fsp3) is 0.312. The molecule has 1 atom stereocenters. The normalized spacial score (nSPS) is 16.0. The minimum atomic E-state index is -0.371. The fourth-order valence-electron chi connectivity index (χ4n) is 2.36. The van der Waals surface area contributed by atoms with Crippen LogP contribution >= 0.6 is 22.9 Å². The van der Waals surface area contributed by atoms with Gasteiger partial charge in [0.25, 0.3) is 0 Å². The Morgan fingerprint density at radius 1 is 1.50 bits per heavy atom. The van der Waals surface area contributed by atoms with Gasteiger partial charge < -0.3 is 14.8 Å². The molecule has 0 fully saturated rings. The number of rotatable bonds is 4. The van der Waals surface area contributed by atoms with Crippen molar-refractivity contribution in [2.24, 2.45) is 5.92 Å². The molecule has 1 amide bonds. The number of carbonyl (C=O) groups excluding carboxylic acids is 2. The molecule has 0 spiro atoms. The van der Waals surface area contributed by atoms with Crippen molar-refractivity contribution in [3.63, 3.8) is 0 Å². The number of nitrogens with zero attached hydrogens (tertiary/aromatic N) is 1. The largest absolute Gasteiger partial charge is 0.492 e. The molecular weight excluding hydrogens is 352 g/mol. The van der Waals surface area contributed by atoms with Crippen LogP contribution in [-0.2, 0) is 27.4 Å². The third-order valence-electron chi connectivity index (χ3n) is 3.46. The number of fused-ring (bicyclic) bond motifs is 1. The Balaban J connectivity index is 1.56. The lowest BCUT2D eigenvalue weighted by Gasteiger charge is -2.24. The summed E-state index contributed by atoms with van der Waals surface area (Å²) in [5, 5.41) is 5.42. The van der Waals surface area contributed by atoms with Crippen LogP contribution < -0.4 is 10.1 Å². The standard InChI is InChI=1S/C16H15ClN2O4S/c1-9(20)18-16-19-13(8-24-16)7-23-15(21)11-4-10-5-12(17)2-3-14(10)22-6-11/h2-3,5,8,11H,4,6-7H2,1H3,(H,18,19,20). The Bertz CT molecular complexity index is 777. The molecule has 126 valence electrons. The van der Waals surface area contributed by atoms with Crippen molar-refractivity contribution in [3.05, 3.63) is 39.9 Å². The number of carbonyl (C=O) groups is 2. The summed E-state index contributed by atoms with van der Waals surface area (Å²) in [4.78, 5) is 27.4. The average Bonchev–Trinajstić information content (AvgIpc) is 2.98. The van der Waals surface area contributed by atoms with Gasteiger partial charge in [0.1, 0.15) is 19.0 Å². The van der Waals surface area contributed by atoms with E-state index in [1.165, 1.54) is 18.3 Å². The lowest BCUT2D eigenvalue weighted by atomic mass is 9.97. The molecule has 8 heteroatoms. The summed E-state index contributed by atoms with van der Waals surface area (Å²) in [6, 6.07) is 5.36. The minimum Gasteiger partial charge on any atom is -0.492 e. The van der Waals surface area contributed by atoms with Gasteiger partial charge in [-0.05, 0) is 30.2 Å². The maximum atomic E-state index is 12.2. The molecule has 0 saturated heterocycles. The van der Waals surface area contributed by atoms with Gasteiger partial charge in [-0.1, -0.05) is 11.6 Å². The second-order valence-electron chi connectivity index (χ2n) is 5.40. The molecule has 1 aromatic carbocycles. The van der Waals surface area contributed by atoms with Crippen LogP contribution in [0.1, 0.15) is 18.2 Å². The summed E-state index contributed by atoms with van der Waals surface area (Å²) in [5.41, 5.74) is 1.49. The molecule has 0 saturated carbocycles. The third kappa shape index (κ3) is 4.04. The molecule has 1 aromatic heterocycles. The van der Waals surface area contributed by atoms with E-state index >= 15 is 0 Å². The molecule has 3 rings (SSSR count). The van der Waals surface area contributed by atoms with E-state index in [-0.39, 0.29) is 31.0 Å². The zero-order valence-corrected chi connectivity index (χ0v) is 14.4. The molecule has 0 radical (unpaired) electrons. The van der Waals surface area contributed by atoms with Gasteiger partial charge in [-0.3, -0.25) is 9.59 Å². The first kappa shape index (κ1) is 16.7. The van der Waals surface area contributed by atoms with Crippen LogP contribution in [0.4, 0.5) is 5.13 Å². The summed E-state index contributed by atoms with van der Waals surface area (Å²) < 4.78 is 10.9. The number of hydrogen-bond donors (Lipinski definition) is 1. The van der Waals surface area contributed by atoms with E-state index in [0.29, 0.717) is 22.3 Å². The van der Waals surface area contributed by atoms with E-state index in [9.17, 15) is 9.59 Å². The number of nitrogens with one attached hydrogen (secondary N) is 1. The van der Waals surface area contributed by atoms with Crippen molar-refractivity contribution in [2.75, 3.05) is 11.9 Å². The van der Waals surface area contributed by atoms with Gasteiger partial charge >= 0.3 is 5.97 Å². The first-order valence-electron chi connectivity index (χ1n) is 7.31. The van der Waals surface area contributed by atoms with Crippen molar-refractivity contribution in [1.82, 2.24) is 4.98 Å². The van der Waals surface area contributed by atoms with Crippen LogP contribution in [0.15, 0.2) is 23.6 Å². The lowest BCUT2D eigenvalue weighted by Crippen LogP contribution is -2.29. The molecule has 1 aliphatic rings. The van der Waals surface area contributed by atoms with Crippen LogP contribution in [0.5, 0.6) is 5.75 Å². The number of amides is 1. The van der Waals surface area contributed by atoms with Crippen LogP contribution in [0.2, 0.25) is 5.02 Å². The Hall–Kier alpha value is -2.12. The molecule has 1 unspecified atom stereocenters. The molecule has 0 aliphatic carbocycles. The molecule has 1 aliphatic heterocycles. The highest BCUT2D eigenvalue weighted by Gasteiger charge is 2.27. The van der Waals surface area contributed by atoms with E-state index in [1.807, 2.05) is 0 Å². The van der Waals surface area contributed by atoms with E-state index in [1.54, 1.807) is 23.6 Å². The summed E-state index contributed by atoms with van der Waals surface area (Å²) in [6.45, 7) is 1.75. The zero-order valence-electron chi connectivity index (χ0n) is 12.9. The van der Waals surface area contributed by atoms with Crippen molar-refractivity contribution in [3.8, 4) is 5.75 Å². The maximum Gasteiger partial charge on any atom is 0.313 e. The van der Waals surface area contributed by atoms with E-state index in [4.69, 9.17) is 21.1 Å². The number of benzene rings is 1. The molecule has 6 nitrogen and oxygen atoms in total. The highest BCUT2D eigenvalue weighted by Crippen LogP contribution is 2.30. The first-order chi connectivity index (χ1) is 11.5. The van der Waals surface area contributed by atoms with Gasteiger partial charge in [0, 0.05) is 17.3 Å². The molecule has 24 heavy (non-hydrogen) atoms. The SMILES string of the molecule is CC(=O)Nc1nc(COC(=O)C2COc3ccc(Cl)cc3C2)cs1. The number of hydrogen-bond acceptors (Lipinski definition) is 6. The zero-order chi connectivity index (χ0) is 17.1. The van der Waals surface area contributed by atoms with Crippen molar-refractivity contribution in [2.45, 2.75) is 20.0 Å². The third-order valence-corrected chi connectivity index (χ3v) is 4.50. The number of esters is 1. The van der Waals surface area contributed by atoms with Gasteiger partial charge in [0.2, 0.25) is 5.91 Å². The van der Waals surface area contributed by atoms with Crippen LogP contribution in [0.3, 0.4) is 0 Å². The molecular formula is C16H15ClN2O4S. The van der Waals surface area contributed by atoms with Gasteiger partial charge in [-0.25, -0.2) is 4.98 Å².